The van der Waals surface area contributed by atoms with E-state index in [4.69, 9.17) is 0 Å². The van der Waals surface area contributed by atoms with Crippen molar-refractivity contribution < 1.29 is 0 Å². The van der Waals surface area contributed by atoms with Crippen LogP contribution in [0.1, 0.15) is 0 Å². The Kier molecular flexibility index (Phi) is 20.9. The molecule has 0 aliphatic rings. The highest BCUT2D eigenvalue weighted by atomic mass is 15.0. The van der Waals surface area contributed by atoms with Crippen molar-refractivity contribution in [1.82, 2.24) is 27.4 Å². The minimum Gasteiger partial charge on any atom is -0.309 e. The summed E-state index contributed by atoms with van der Waals surface area (Å²) in [6, 6.07) is 207. The molecule has 0 radical (unpaired) electrons. The van der Waals surface area contributed by atoms with Crippen molar-refractivity contribution in [2.75, 3.05) is 0 Å². The Labute approximate surface area is 866 Å². The predicted octanol–water partition coefficient (Wildman–Crippen LogP) is 38.8. The summed E-state index contributed by atoms with van der Waals surface area (Å²) in [4.78, 5) is 0. The zero-order valence-electron chi connectivity index (χ0n) is 82.0. The lowest BCUT2D eigenvalue weighted by Gasteiger charge is -2.14. The van der Waals surface area contributed by atoms with Crippen LogP contribution in [-0.4, -0.2) is 27.4 Å². The maximum Gasteiger partial charge on any atom is 0.0541 e. The molecule has 150 heavy (non-hydrogen) atoms. The summed E-state index contributed by atoms with van der Waals surface area (Å²) in [7, 11) is 0. The Morgan fingerprint density at radius 3 is 0.500 bits per heavy atom. The van der Waals surface area contributed by atoms with E-state index < -0.39 is 0 Å². The average molecular weight is 1910 g/mol. The summed E-state index contributed by atoms with van der Waals surface area (Å²) in [5.41, 5.74) is 38.6. The zero-order valence-corrected chi connectivity index (χ0v) is 82.0. The quantitative estimate of drug-likeness (QED) is 0.103. The van der Waals surface area contributed by atoms with Gasteiger partial charge in [-0.1, -0.05) is 394 Å². The van der Waals surface area contributed by atoms with Gasteiger partial charge in [0.15, 0.2) is 0 Å². The van der Waals surface area contributed by atoms with Gasteiger partial charge >= 0.3 is 0 Å². The van der Waals surface area contributed by atoms with Crippen LogP contribution in [0.5, 0.6) is 0 Å². The van der Waals surface area contributed by atoms with Gasteiger partial charge in [0.2, 0.25) is 0 Å². The molecule has 31 aromatic rings. The topological polar surface area (TPSA) is 29.6 Å². The highest BCUT2D eigenvalue weighted by Crippen LogP contribution is 2.47. The van der Waals surface area contributed by atoms with Gasteiger partial charge in [-0.15, -0.1) is 0 Å². The SMILES string of the molecule is c1ccc(-c2ccc(-n3c4ccccc4c4cc(-c5ccc(-n6c7ccccc7c7cc(-c8ccccc8)ccc76)cc5)ccc43)cc2)cc1.c1ccc(-c2cccc(-n3c4ccccc4c4cc(-c5ccc(-n6c7ccccc7c7cc(-c8ccccc8)ccc76)cc5)ccc43)c2)cc1.c1ccc2c(c1)c1ccccc1c1cc(-n3c4ccccc4c4cc(-c5ccc(-n6c7ccccc7c7ccccc76)cc5)ccc43)ccc21. The second-order valence-corrected chi connectivity index (χ2v) is 39.3. The van der Waals surface area contributed by atoms with Crippen LogP contribution in [0.15, 0.2) is 570 Å². The van der Waals surface area contributed by atoms with E-state index in [9.17, 15) is 0 Å². The van der Waals surface area contributed by atoms with E-state index in [0.717, 1.165) is 22.7 Å². The van der Waals surface area contributed by atoms with Crippen LogP contribution in [-0.2, 0) is 0 Å². The van der Waals surface area contributed by atoms with Crippen LogP contribution in [0.3, 0.4) is 0 Å². The van der Waals surface area contributed by atoms with Crippen molar-refractivity contribution in [3.05, 3.63) is 570 Å². The van der Waals surface area contributed by atoms with Gasteiger partial charge in [0, 0.05) is 98.8 Å². The van der Waals surface area contributed by atoms with E-state index in [0.29, 0.717) is 0 Å². The smallest absolute Gasteiger partial charge is 0.0541 e. The van der Waals surface area contributed by atoms with E-state index >= 15 is 0 Å². The molecule has 6 nitrogen and oxygen atoms in total. The molecular weight excluding hydrogens is 1810 g/mol. The molecular formula is C144H94N6. The Morgan fingerprint density at radius 2 is 0.233 bits per heavy atom. The van der Waals surface area contributed by atoms with E-state index in [2.05, 4.69) is 598 Å². The van der Waals surface area contributed by atoms with Crippen molar-refractivity contribution in [2.45, 2.75) is 0 Å². The second kappa shape index (κ2) is 36.1. The van der Waals surface area contributed by atoms with Crippen LogP contribution in [0, 0.1) is 0 Å². The van der Waals surface area contributed by atoms with Crippen LogP contribution < -0.4 is 0 Å². The van der Waals surface area contributed by atoms with Gasteiger partial charge in [-0.25, -0.2) is 0 Å². The first-order valence-corrected chi connectivity index (χ1v) is 51.6. The largest absolute Gasteiger partial charge is 0.309 e. The van der Waals surface area contributed by atoms with E-state index in [-0.39, 0.29) is 0 Å². The van der Waals surface area contributed by atoms with Crippen LogP contribution in [0.25, 0.3) is 275 Å². The summed E-state index contributed by atoms with van der Waals surface area (Å²) in [5, 5.41) is 22.9. The molecule has 0 unspecified atom stereocenters. The molecule has 6 heteroatoms. The number of rotatable bonds is 13. The summed E-state index contributed by atoms with van der Waals surface area (Å²) in [5.74, 6) is 0. The van der Waals surface area contributed by atoms with Gasteiger partial charge in [-0.2, -0.15) is 0 Å². The molecule has 0 aliphatic heterocycles. The number of benzene rings is 25. The number of aromatic nitrogens is 6. The average Bonchev–Trinajstić information content (AvgIpc) is 1.29. The molecule has 0 aliphatic carbocycles. The van der Waals surface area contributed by atoms with E-state index in [1.165, 1.54) is 252 Å². The predicted molar refractivity (Wildman–Crippen MR) is 636 cm³/mol. The van der Waals surface area contributed by atoms with E-state index in [1.54, 1.807) is 0 Å². The van der Waals surface area contributed by atoms with Crippen LogP contribution in [0.2, 0.25) is 0 Å². The molecule has 0 amide bonds. The Hall–Kier alpha value is -19.9. The molecule has 31 rings (SSSR count). The van der Waals surface area contributed by atoms with Gasteiger partial charge in [-0.05, 0) is 286 Å². The maximum atomic E-state index is 2.43. The fraction of sp³-hybridized carbons (Fsp3) is 0. The Bertz CT molecular complexity index is 10700. The highest BCUT2D eigenvalue weighted by Gasteiger charge is 2.24. The highest BCUT2D eigenvalue weighted by molar-refractivity contribution is 6.26. The lowest BCUT2D eigenvalue weighted by atomic mass is 9.94. The molecule has 0 fully saturated rings. The molecule has 0 spiro atoms. The molecule has 0 saturated heterocycles. The van der Waals surface area contributed by atoms with E-state index in [1.807, 2.05) is 0 Å². The molecule has 0 N–H and O–H groups in total. The van der Waals surface area contributed by atoms with Crippen molar-refractivity contribution in [3.8, 4) is 112 Å². The van der Waals surface area contributed by atoms with Crippen LogP contribution >= 0.6 is 0 Å². The first-order chi connectivity index (χ1) is 74.4. The standard InChI is InChI=1S/C48H30N2.2C48H32N2/c1-2-13-37-35(11-1)36-12-3-4-14-38(36)43-30-34(26-27-39(37)43)50-47-20-10-7-17-42(47)44-29-32(23-28-48(44)50)31-21-24-33(25-22-31)49-45-18-8-5-15-40(45)41-16-6-9-19-46(41)49;1-3-12-33(13-4-1)36-16-11-17-40(30-36)50-46-21-10-8-19-42(46)44-32-38(25-29-48(44)50)35-22-26-39(27-23-35)49-45-20-9-7-18-41(45)43-31-37(24-28-47(43)49)34-14-5-2-6-15-34;1-3-11-33(12-4-1)35-19-25-39(26-20-35)49-46-18-10-8-16-42(46)44-32-38(24-30-48(44)49)36-21-27-40(28-22-36)50-45-17-9-7-15-41(45)43-31-37(23-29-47(43)50)34-13-5-2-6-14-34/h1-30H;2*1-32H. The molecule has 25 aromatic carbocycles. The third kappa shape index (κ3) is 14.7. The first kappa shape index (κ1) is 86.7. The molecule has 0 saturated carbocycles. The monoisotopic (exact) mass is 1910 g/mol. The third-order valence-electron chi connectivity index (χ3n) is 31.0. The fourth-order valence-electron chi connectivity index (χ4n) is 23.9. The second-order valence-electron chi connectivity index (χ2n) is 39.3. The number of para-hydroxylation sites is 7. The zero-order chi connectivity index (χ0) is 98.8. The van der Waals surface area contributed by atoms with Crippen LogP contribution in [0.4, 0.5) is 0 Å². The van der Waals surface area contributed by atoms with Crippen molar-refractivity contribution >= 4 is 163 Å². The summed E-state index contributed by atoms with van der Waals surface area (Å²) in [6.45, 7) is 0. The van der Waals surface area contributed by atoms with Gasteiger partial charge < -0.3 is 27.4 Å². The number of hydrogen-bond donors (Lipinski definition) is 0. The lowest BCUT2D eigenvalue weighted by molar-refractivity contribution is 1.18. The minimum absolute atomic E-state index is 1.16. The van der Waals surface area contributed by atoms with Crippen molar-refractivity contribution in [2.24, 2.45) is 0 Å². The summed E-state index contributed by atoms with van der Waals surface area (Å²) < 4.78 is 14.4. The molecule has 0 bridgehead atoms. The number of hydrogen-bond acceptors (Lipinski definition) is 0. The molecule has 6 aromatic heterocycles. The summed E-state index contributed by atoms with van der Waals surface area (Å²) in [6.07, 6.45) is 0. The normalized spacial score (nSPS) is 11.7. The number of fused-ring (bicyclic) bond motifs is 24. The van der Waals surface area contributed by atoms with Gasteiger partial charge in [0.1, 0.15) is 0 Å². The van der Waals surface area contributed by atoms with Crippen molar-refractivity contribution in [1.29, 1.82) is 0 Å². The fourth-order valence-corrected chi connectivity index (χ4v) is 23.9. The number of nitrogens with zero attached hydrogens (tertiary/aromatic N) is 6. The third-order valence-corrected chi connectivity index (χ3v) is 31.0. The lowest BCUT2D eigenvalue weighted by Crippen LogP contribution is -1.95. The Morgan fingerprint density at radius 1 is 0.0733 bits per heavy atom. The first-order valence-electron chi connectivity index (χ1n) is 51.6. The Balaban J connectivity index is 0.000000106. The minimum atomic E-state index is 1.16. The maximum absolute atomic E-state index is 2.43. The van der Waals surface area contributed by atoms with Gasteiger partial charge in [-0.3, -0.25) is 0 Å². The van der Waals surface area contributed by atoms with Gasteiger partial charge in [0.25, 0.3) is 0 Å². The molecule has 6 heterocycles. The molecule has 0 atom stereocenters. The summed E-state index contributed by atoms with van der Waals surface area (Å²) >= 11 is 0. The molecule has 700 valence electrons. The van der Waals surface area contributed by atoms with Gasteiger partial charge in [0.05, 0.1) is 66.2 Å². The van der Waals surface area contributed by atoms with Crippen molar-refractivity contribution in [3.63, 3.8) is 0 Å².